The Bertz CT molecular complexity index is 1090. The minimum atomic E-state index is -3.54. The molecular formula is C20H24N6O3S. The smallest absolute Gasteiger partial charge is 0.243 e. The van der Waals surface area contributed by atoms with Gasteiger partial charge in [0.25, 0.3) is 0 Å². The van der Waals surface area contributed by atoms with E-state index in [0.717, 1.165) is 11.6 Å². The van der Waals surface area contributed by atoms with Crippen LogP contribution >= 0.6 is 0 Å². The van der Waals surface area contributed by atoms with Crippen molar-refractivity contribution in [2.75, 3.05) is 37.7 Å². The van der Waals surface area contributed by atoms with Crippen molar-refractivity contribution in [2.24, 2.45) is 0 Å². The lowest BCUT2D eigenvalue weighted by Crippen LogP contribution is -2.49. The van der Waals surface area contributed by atoms with Crippen LogP contribution in [0.15, 0.2) is 53.7 Å². The van der Waals surface area contributed by atoms with E-state index in [1.807, 2.05) is 41.6 Å². The second-order valence-corrected chi connectivity index (χ2v) is 8.83. The molecule has 1 aromatic carbocycles. The van der Waals surface area contributed by atoms with Crippen LogP contribution in [0, 0.1) is 6.92 Å². The molecule has 0 N–H and O–H groups in total. The maximum absolute atomic E-state index is 12.9. The molecule has 3 heterocycles. The molecule has 0 amide bonds. The number of aryl methyl sites for hydroxylation is 1. The lowest BCUT2D eigenvalue weighted by atomic mass is 10.3. The molecule has 10 heteroatoms. The molecule has 1 aliphatic heterocycles. The van der Waals surface area contributed by atoms with Crippen molar-refractivity contribution in [3.05, 3.63) is 54.6 Å². The van der Waals surface area contributed by atoms with Crippen LogP contribution in [0.3, 0.4) is 0 Å². The van der Waals surface area contributed by atoms with E-state index >= 15 is 0 Å². The highest BCUT2D eigenvalue weighted by Crippen LogP contribution is 2.22. The maximum Gasteiger partial charge on any atom is 0.243 e. The summed E-state index contributed by atoms with van der Waals surface area (Å²) in [7, 11) is -3.54. The minimum Gasteiger partial charge on any atom is -0.494 e. The zero-order valence-electron chi connectivity index (χ0n) is 17.0. The molecule has 9 nitrogen and oxygen atoms in total. The van der Waals surface area contributed by atoms with Gasteiger partial charge in [0.05, 0.1) is 11.5 Å². The van der Waals surface area contributed by atoms with Crippen LogP contribution in [-0.4, -0.2) is 65.3 Å². The van der Waals surface area contributed by atoms with Gasteiger partial charge in [-0.05, 0) is 50.2 Å². The monoisotopic (exact) mass is 428 g/mol. The maximum atomic E-state index is 12.9. The predicted octanol–water partition coefficient (Wildman–Crippen LogP) is 1.88. The number of hydrogen-bond acceptors (Lipinski definition) is 7. The Morgan fingerprint density at radius 2 is 1.63 bits per heavy atom. The van der Waals surface area contributed by atoms with Crippen LogP contribution in [0.1, 0.15) is 12.7 Å². The van der Waals surface area contributed by atoms with Crippen LogP contribution in [0.2, 0.25) is 0 Å². The highest BCUT2D eigenvalue weighted by Gasteiger charge is 2.29. The summed E-state index contributed by atoms with van der Waals surface area (Å²) in [5, 5.41) is 8.60. The van der Waals surface area contributed by atoms with Gasteiger partial charge in [0.2, 0.25) is 10.0 Å². The van der Waals surface area contributed by atoms with Crippen LogP contribution in [0.5, 0.6) is 5.75 Å². The number of piperazine rings is 1. The predicted molar refractivity (Wildman–Crippen MR) is 112 cm³/mol. The number of rotatable bonds is 6. The number of sulfonamides is 1. The molecule has 0 aliphatic carbocycles. The van der Waals surface area contributed by atoms with E-state index in [4.69, 9.17) is 4.74 Å². The molecule has 4 rings (SSSR count). The number of imidazole rings is 1. The van der Waals surface area contributed by atoms with Crippen molar-refractivity contribution in [3.63, 3.8) is 0 Å². The molecule has 2 aromatic heterocycles. The molecule has 0 unspecified atom stereocenters. The first-order valence-corrected chi connectivity index (χ1v) is 11.2. The molecule has 0 bridgehead atoms. The highest BCUT2D eigenvalue weighted by atomic mass is 32.2. The van der Waals surface area contributed by atoms with E-state index < -0.39 is 10.0 Å². The topological polar surface area (TPSA) is 93.5 Å². The normalized spacial score (nSPS) is 15.3. The molecule has 158 valence electrons. The summed E-state index contributed by atoms with van der Waals surface area (Å²) in [4.78, 5) is 6.51. The van der Waals surface area contributed by atoms with Crippen molar-refractivity contribution in [3.8, 4) is 11.6 Å². The first kappa shape index (κ1) is 20.3. The number of nitrogens with zero attached hydrogens (tertiary/aromatic N) is 6. The minimum absolute atomic E-state index is 0.277. The Morgan fingerprint density at radius 1 is 0.967 bits per heavy atom. The van der Waals surface area contributed by atoms with E-state index in [1.54, 1.807) is 30.5 Å². The van der Waals surface area contributed by atoms with E-state index in [-0.39, 0.29) is 4.90 Å². The van der Waals surface area contributed by atoms with Crippen molar-refractivity contribution in [1.29, 1.82) is 0 Å². The molecule has 30 heavy (non-hydrogen) atoms. The van der Waals surface area contributed by atoms with E-state index in [0.29, 0.717) is 44.4 Å². The Morgan fingerprint density at radius 3 is 2.20 bits per heavy atom. The SMILES string of the molecule is CCOc1ccc(S(=O)(=O)N2CCN(c3ccc(-n4ccnc4C)nn3)CC2)cc1. The second-order valence-electron chi connectivity index (χ2n) is 6.89. The summed E-state index contributed by atoms with van der Waals surface area (Å²) in [5.74, 6) is 2.93. The van der Waals surface area contributed by atoms with Gasteiger partial charge in [0.1, 0.15) is 11.6 Å². The van der Waals surface area contributed by atoms with Gasteiger partial charge in [-0.1, -0.05) is 0 Å². The molecule has 3 aromatic rings. The van der Waals surface area contributed by atoms with Gasteiger partial charge in [0.15, 0.2) is 11.6 Å². The third-order valence-corrected chi connectivity index (χ3v) is 6.96. The molecule has 0 radical (unpaired) electrons. The molecule has 0 saturated carbocycles. The van der Waals surface area contributed by atoms with Crippen LogP contribution in [0.25, 0.3) is 5.82 Å². The zero-order chi connectivity index (χ0) is 21.1. The van der Waals surface area contributed by atoms with Gasteiger partial charge in [-0.15, -0.1) is 10.2 Å². The fourth-order valence-electron chi connectivity index (χ4n) is 3.42. The lowest BCUT2D eigenvalue weighted by Gasteiger charge is -2.34. The number of ether oxygens (including phenoxy) is 1. The summed E-state index contributed by atoms with van der Waals surface area (Å²) in [6.45, 7) is 6.21. The quantitative estimate of drug-likeness (QED) is 0.592. The van der Waals surface area contributed by atoms with Gasteiger partial charge in [-0.2, -0.15) is 4.31 Å². The fourth-order valence-corrected chi connectivity index (χ4v) is 4.84. The zero-order valence-corrected chi connectivity index (χ0v) is 17.8. The van der Waals surface area contributed by atoms with Gasteiger partial charge < -0.3 is 9.64 Å². The molecule has 1 saturated heterocycles. The number of hydrogen-bond donors (Lipinski definition) is 0. The van der Waals surface area contributed by atoms with Gasteiger partial charge in [-0.3, -0.25) is 4.57 Å². The average Bonchev–Trinajstić information content (AvgIpc) is 3.20. The molecule has 1 fully saturated rings. The largest absolute Gasteiger partial charge is 0.494 e. The van der Waals surface area contributed by atoms with Gasteiger partial charge >= 0.3 is 0 Å². The first-order valence-electron chi connectivity index (χ1n) is 9.81. The molecule has 0 spiro atoms. The van der Waals surface area contributed by atoms with Crippen molar-refractivity contribution in [1.82, 2.24) is 24.1 Å². The Balaban J connectivity index is 1.41. The Labute approximate surface area is 176 Å². The highest BCUT2D eigenvalue weighted by molar-refractivity contribution is 7.89. The summed E-state index contributed by atoms with van der Waals surface area (Å²) >= 11 is 0. The third-order valence-electron chi connectivity index (χ3n) is 5.04. The second kappa shape index (κ2) is 8.41. The Hall–Kier alpha value is -2.98. The number of anilines is 1. The molecule has 1 aliphatic rings. The van der Waals surface area contributed by atoms with E-state index in [9.17, 15) is 8.42 Å². The van der Waals surface area contributed by atoms with E-state index in [2.05, 4.69) is 15.2 Å². The lowest BCUT2D eigenvalue weighted by molar-refractivity contribution is 0.340. The summed E-state index contributed by atoms with van der Waals surface area (Å²) in [6.07, 6.45) is 3.55. The van der Waals surface area contributed by atoms with Crippen LogP contribution in [-0.2, 0) is 10.0 Å². The van der Waals surface area contributed by atoms with Gasteiger partial charge in [-0.25, -0.2) is 13.4 Å². The fraction of sp³-hybridized carbons (Fsp3) is 0.350. The summed E-state index contributed by atoms with van der Waals surface area (Å²) < 4.78 is 34.6. The Kier molecular flexibility index (Phi) is 5.69. The van der Waals surface area contributed by atoms with Gasteiger partial charge in [0, 0.05) is 38.6 Å². The van der Waals surface area contributed by atoms with Crippen LogP contribution < -0.4 is 9.64 Å². The van der Waals surface area contributed by atoms with Crippen molar-refractivity contribution in [2.45, 2.75) is 18.7 Å². The standard InChI is InChI=1S/C20H24N6O3S/c1-3-29-17-4-6-18(7-5-17)30(27,28)25-14-12-24(13-15-25)19-8-9-20(23-22-19)26-11-10-21-16(26)2/h4-11H,3,12-15H2,1-2H3. The third kappa shape index (κ3) is 4.01. The van der Waals surface area contributed by atoms with E-state index in [1.165, 1.54) is 4.31 Å². The number of benzene rings is 1. The average molecular weight is 429 g/mol. The molecule has 0 atom stereocenters. The first-order chi connectivity index (χ1) is 14.5. The molecular weight excluding hydrogens is 404 g/mol. The van der Waals surface area contributed by atoms with Crippen molar-refractivity contribution >= 4 is 15.8 Å². The summed E-state index contributed by atoms with van der Waals surface area (Å²) in [6, 6.07) is 10.3. The van der Waals surface area contributed by atoms with Crippen LogP contribution in [0.4, 0.5) is 5.82 Å². The number of aromatic nitrogens is 4. The summed E-state index contributed by atoms with van der Waals surface area (Å²) in [5.41, 5.74) is 0. The van der Waals surface area contributed by atoms with Crippen molar-refractivity contribution < 1.29 is 13.2 Å².